The summed E-state index contributed by atoms with van der Waals surface area (Å²) in [6.07, 6.45) is 0.679. The van der Waals surface area contributed by atoms with E-state index in [1.54, 1.807) is 4.90 Å². The molecular weight excluding hydrogens is 280 g/mol. The third kappa shape index (κ3) is 5.48. The zero-order valence-corrected chi connectivity index (χ0v) is 14.8. The Morgan fingerprint density at radius 1 is 1.09 bits per heavy atom. The highest BCUT2D eigenvalue weighted by Crippen LogP contribution is 2.10. The molecule has 128 valence electrons. The van der Waals surface area contributed by atoms with Gasteiger partial charge in [0, 0.05) is 39.3 Å². The highest BCUT2D eigenvalue weighted by atomic mass is 16.2. The van der Waals surface area contributed by atoms with Crippen LogP contribution in [0.4, 0.5) is 4.79 Å². The van der Waals surface area contributed by atoms with E-state index in [0.29, 0.717) is 25.4 Å². The number of carbonyl (C=O) groups is 2. The van der Waals surface area contributed by atoms with Crippen LogP contribution < -0.4 is 5.32 Å². The first-order chi connectivity index (χ1) is 10.4. The molecule has 1 fully saturated rings. The lowest BCUT2D eigenvalue weighted by molar-refractivity contribution is -0.135. The van der Waals surface area contributed by atoms with E-state index < -0.39 is 6.04 Å². The molecule has 0 aromatic rings. The molecule has 1 saturated heterocycles. The van der Waals surface area contributed by atoms with Crippen LogP contribution in [-0.4, -0.2) is 79.0 Å². The summed E-state index contributed by atoms with van der Waals surface area (Å²) < 4.78 is 0. The van der Waals surface area contributed by atoms with Crippen molar-refractivity contribution in [3.63, 3.8) is 0 Å². The van der Waals surface area contributed by atoms with Crippen LogP contribution in [0.3, 0.4) is 0 Å². The molecular formula is C16H32N4O2. The average Bonchev–Trinajstić information content (AvgIpc) is 2.47. The second kappa shape index (κ2) is 8.98. The summed E-state index contributed by atoms with van der Waals surface area (Å²) in [4.78, 5) is 30.8. The Kier molecular flexibility index (Phi) is 7.65. The van der Waals surface area contributed by atoms with E-state index in [1.165, 1.54) is 0 Å². The van der Waals surface area contributed by atoms with Gasteiger partial charge < -0.3 is 20.0 Å². The van der Waals surface area contributed by atoms with Gasteiger partial charge in [-0.05, 0) is 33.2 Å². The zero-order chi connectivity index (χ0) is 16.7. The van der Waals surface area contributed by atoms with Gasteiger partial charge in [0.15, 0.2) is 0 Å². The maximum atomic E-state index is 12.7. The molecule has 1 aliphatic rings. The third-order valence-electron chi connectivity index (χ3n) is 4.17. The lowest BCUT2D eigenvalue weighted by Crippen LogP contribution is -2.56. The largest absolute Gasteiger partial charge is 0.338 e. The normalized spacial score (nSPS) is 17.5. The van der Waals surface area contributed by atoms with Gasteiger partial charge in [0.1, 0.15) is 6.04 Å². The highest BCUT2D eigenvalue weighted by Gasteiger charge is 2.29. The Morgan fingerprint density at radius 3 is 2.09 bits per heavy atom. The predicted molar refractivity (Wildman–Crippen MR) is 88.8 cm³/mol. The number of hydrogen-bond donors (Lipinski definition) is 1. The van der Waals surface area contributed by atoms with Crippen LogP contribution in [-0.2, 0) is 4.79 Å². The van der Waals surface area contributed by atoms with Gasteiger partial charge in [0.2, 0.25) is 5.91 Å². The maximum absolute atomic E-state index is 12.7. The van der Waals surface area contributed by atoms with Gasteiger partial charge in [0.25, 0.3) is 0 Å². The molecule has 0 spiro atoms. The minimum absolute atomic E-state index is 0.0577. The Morgan fingerprint density at radius 2 is 1.64 bits per heavy atom. The van der Waals surface area contributed by atoms with E-state index in [9.17, 15) is 9.59 Å². The number of nitrogens with one attached hydrogen (secondary N) is 1. The molecule has 1 atom stereocenters. The van der Waals surface area contributed by atoms with Crippen LogP contribution in [0.5, 0.6) is 0 Å². The van der Waals surface area contributed by atoms with Crippen LogP contribution in [0.25, 0.3) is 0 Å². The van der Waals surface area contributed by atoms with Crippen molar-refractivity contribution >= 4 is 11.9 Å². The number of carbonyl (C=O) groups excluding carboxylic acids is 2. The van der Waals surface area contributed by atoms with E-state index >= 15 is 0 Å². The fraction of sp³-hybridized carbons (Fsp3) is 0.875. The second-order valence-corrected chi connectivity index (χ2v) is 6.43. The van der Waals surface area contributed by atoms with E-state index in [-0.39, 0.29) is 11.9 Å². The van der Waals surface area contributed by atoms with Crippen LogP contribution in [0.1, 0.15) is 34.1 Å². The van der Waals surface area contributed by atoms with E-state index in [4.69, 9.17) is 0 Å². The van der Waals surface area contributed by atoms with Gasteiger partial charge in [-0.15, -0.1) is 0 Å². The van der Waals surface area contributed by atoms with Crippen molar-refractivity contribution in [3.05, 3.63) is 0 Å². The second-order valence-electron chi connectivity index (χ2n) is 6.43. The molecule has 0 unspecified atom stereocenters. The molecule has 1 aliphatic heterocycles. The SMILES string of the molecule is CCN(CC)C(=O)N[C@H](CC(C)C)C(=O)N1CCN(C)CC1. The molecule has 22 heavy (non-hydrogen) atoms. The summed E-state index contributed by atoms with van der Waals surface area (Å²) >= 11 is 0. The quantitative estimate of drug-likeness (QED) is 0.802. The van der Waals surface area contributed by atoms with Crippen LogP contribution in [0.15, 0.2) is 0 Å². The molecule has 1 N–H and O–H groups in total. The lowest BCUT2D eigenvalue weighted by atomic mass is 10.0. The fourth-order valence-corrected chi connectivity index (χ4v) is 2.69. The molecule has 0 aliphatic carbocycles. The topological polar surface area (TPSA) is 55.9 Å². The first-order valence-corrected chi connectivity index (χ1v) is 8.41. The van der Waals surface area contributed by atoms with E-state index in [0.717, 1.165) is 26.2 Å². The molecule has 0 aromatic heterocycles. The Bertz CT molecular complexity index is 361. The molecule has 6 heteroatoms. The highest BCUT2D eigenvalue weighted by molar-refractivity contribution is 5.87. The number of amides is 3. The van der Waals surface area contributed by atoms with Gasteiger partial charge in [0.05, 0.1) is 0 Å². The van der Waals surface area contributed by atoms with Gasteiger partial charge in [-0.1, -0.05) is 13.8 Å². The summed E-state index contributed by atoms with van der Waals surface area (Å²) in [5.74, 6) is 0.417. The summed E-state index contributed by atoms with van der Waals surface area (Å²) in [6, 6.07) is -0.561. The van der Waals surface area contributed by atoms with Gasteiger partial charge in [-0.3, -0.25) is 4.79 Å². The molecule has 1 heterocycles. The van der Waals surface area contributed by atoms with Crippen molar-refractivity contribution < 1.29 is 9.59 Å². The third-order valence-corrected chi connectivity index (χ3v) is 4.17. The minimum Gasteiger partial charge on any atom is -0.338 e. The van der Waals surface area contributed by atoms with Crippen LogP contribution in [0, 0.1) is 5.92 Å². The number of piperazine rings is 1. The number of likely N-dealkylation sites (N-methyl/N-ethyl adjacent to an activating group) is 1. The molecule has 1 rings (SSSR count). The van der Waals surface area contributed by atoms with E-state index in [2.05, 4.69) is 31.1 Å². The summed E-state index contributed by atoms with van der Waals surface area (Å²) in [5.41, 5.74) is 0. The predicted octanol–water partition coefficient (Wildman–Crippen LogP) is 1.23. The summed E-state index contributed by atoms with van der Waals surface area (Å²) in [6.45, 7) is 12.6. The number of rotatable bonds is 6. The first kappa shape index (κ1) is 18.7. The average molecular weight is 312 g/mol. The monoisotopic (exact) mass is 312 g/mol. The Hall–Kier alpha value is -1.30. The molecule has 0 aromatic carbocycles. The molecule has 0 saturated carbocycles. The van der Waals surface area contributed by atoms with Crippen molar-refractivity contribution in [1.29, 1.82) is 0 Å². The molecule has 6 nitrogen and oxygen atoms in total. The molecule has 0 radical (unpaired) electrons. The van der Waals surface area contributed by atoms with Crippen LogP contribution in [0.2, 0.25) is 0 Å². The number of nitrogens with zero attached hydrogens (tertiary/aromatic N) is 3. The fourth-order valence-electron chi connectivity index (χ4n) is 2.69. The Balaban J connectivity index is 2.70. The van der Waals surface area contributed by atoms with Crippen molar-refractivity contribution in [2.75, 3.05) is 46.3 Å². The molecule has 0 bridgehead atoms. The van der Waals surface area contributed by atoms with Crippen molar-refractivity contribution in [3.8, 4) is 0 Å². The van der Waals surface area contributed by atoms with Crippen molar-refractivity contribution in [1.82, 2.24) is 20.0 Å². The first-order valence-electron chi connectivity index (χ1n) is 8.41. The van der Waals surface area contributed by atoms with Crippen molar-refractivity contribution in [2.45, 2.75) is 40.2 Å². The molecule has 3 amide bonds. The zero-order valence-electron chi connectivity index (χ0n) is 14.8. The van der Waals surface area contributed by atoms with Gasteiger partial charge in [-0.25, -0.2) is 4.79 Å². The summed E-state index contributed by atoms with van der Waals surface area (Å²) in [5, 5.41) is 2.94. The maximum Gasteiger partial charge on any atom is 0.318 e. The van der Waals surface area contributed by atoms with Gasteiger partial charge >= 0.3 is 6.03 Å². The summed E-state index contributed by atoms with van der Waals surface area (Å²) in [7, 11) is 2.07. The van der Waals surface area contributed by atoms with Crippen molar-refractivity contribution in [2.24, 2.45) is 5.92 Å². The Labute approximate surface area is 134 Å². The van der Waals surface area contributed by atoms with Crippen LogP contribution >= 0.6 is 0 Å². The standard InChI is InChI=1S/C16H32N4O2/c1-6-19(7-2)16(22)17-14(12-13(3)4)15(21)20-10-8-18(5)9-11-20/h13-14H,6-12H2,1-5H3,(H,17,22)/t14-/m1/s1. The number of urea groups is 1. The lowest BCUT2D eigenvalue weighted by Gasteiger charge is -2.35. The van der Waals surface area contributed by atoms with Gasteiger partial charge in [-0.2, -0.15) is 0 Å². The smallest absolute Gasteiger partial charge is 0.318 e. The minimum atomic E-state index is -0.420. The number of hydrogen-bond acceptors (Lipinski definition) is 3. The van der Waals surface area contributed by atoms with E-state index in [1.807, 2.05) is 18.7 Å².